The van der Waals surface area contributed by atoms with Crippen molar-refractivity contribution in [3.8, 4) is 0 Å². The number of likely N-dealkylation sites (tertiary alicyclic amines) is 1. The van der Waals surface area contributed by atoms with Crippen LogP contribution in [0.5, 0.6) is 0 Å². The number of amides is 1. The SMILES string of the molecule is COCCC[C@H]1CCCN(C(=O)c2ccn(C(F)F)n2)C1. The molecule has 1 aliphatic rings. The molecule has 1 aliphatic heterocycles. The zero-order valence-electron chi connectivity index (χ0n) is 12.2. The van der Waals surface area contributed by atoms with Gasteiger partial charge < -0.3 is 9.64 Å². The minimum absolute atomic E-state index is 0.0906. The van der Waals surface area contributed by atoms with Gasteiger partial charge in [-0.3, -0.25) is 4.79 Å². The molecule has 0 N–H and O–H groups in total. The fourth-order valence-electron chi connectivity index (χ4n) is 2.72. The second-order valence-corrected chi connectivity index (χ2v) is 5.35. The van der Waals surface area contributed by atoms with Crippen LogP contribution < -0.4 is 0 Å². The summed E-state index contributed by atoms with van der Waals surface area (Å²) in [6.07, 6.45) is 5.17. The lowest BCUT2D eigenvalue weighted by molar-refractivity contribution is 0.0540. The molecular weight excluding hydrogens is 280 g/mol. The number of carbonyl (C=O) groups excluding carboxylic acids is 1. The van der Waals surface area contributed by atoms with E-state index in [4.69, 9.17) is 4.74 Å². The topological polar surface area (TPSA) is 47.4 Å². The zero-order valence-corrected chi connectivity index (χ0v) is 12.2. The molecule has 0 radical (unpaired) electrons. The average molecular weight is 301 g/mol. The molecular formula is C14H21F2N3O2. The molecule has 0 unspecified atom stereocenters. The van der Waals surface area contributed by atoms with E-state index in [1.165, 1.54) is 6.07 Å². The second kappa shape index (κ2) is 7.49. The van der Waals surface area contributed by atoms with E-state index < -0.39 is 6.55 Å². The first-order valence-electron chi connectivity index (χ1n) is 7.23. The third-order valence-electron chi connectivity index (χ3n) is 3.79. The molecule has 21 heavy (non-hydrogen) atoms. The van der Waals surface area contributed by atoms with Crippen LogP contribution in [0.15, 0.2) is 12.3 Å². The summed E-state index contributed by atoms with van der Waals surface area (Å²) in [7, 11) is 1.68. The van der Waals surface area contributed by atoms with Gasteiger partial charge in [-0.15, -0.1) is 0 Å². The summed E-state index contributed by atoms with van der Waals surface area (Å²) in [4.78, 5) is 14.0. The molecule has 2 heterocycles. The van der Waals surface area contributed by atoms with Gasteiger partial charge in [0.05, 0.1) is 0 Å². The van der Waals surface area contributed by atoms with Gasteiger partial charge >= 0.3 is 6.55 Å². The Morgan fingerprint density at radius 3 is 3.05 bits per heavy atom. The highest BCUT2D eigenvalue weighted by Crippen LogP contribution is 2.22. The van der Waals surface area contributed by atoms with Crippen LogP contribution in [0.25, 0.3) is 0 Å². The van der Waals surface area contributed by atoms with Gasteiger partial charge in [-0.25, -0.2) is 4.68 Å². The van der Waals surface area contributed by atoms with Crippen molar-refractivity contribution in [1.29, 1.82) is 0 Å². The lowest BCUT2D eigenvalue weighted by atomic mass is 9.93. The maximum absolute atomic E-state index is 12.5. The Kier molecular flexibility index (Phi) is 5.67. The summed E-state index contributed by atoms with van der Waals surface area (Å²) in [5.41, 5.74) is 0.0906. The number of rotatable bonds is 6. The third kappa shape index (κ3) is 4.23. The van der Waals surface area contributed by atoms with Gasteiger partial charge in [0.2, 0.25) is 0 Å². The summed E-state index contributed by atoms with van der Waals surface area (Å²) in [6, 6.07) is 1.35. The first-order valence-corrected chi connectivity index (χ1v) is 7.23. The van der Waals surface area contributed by atoms with Crippen LogP contribution in [0.1, 0.15) is 42.7 Å². The summed E-state index contributed by atoms with van der Waals surface area (Å²) in [5.74, 6) is 0.195. The third-order valence-corrected chi connectivity index (χ3v) is 3.79. The van der Waals surface area contributed by atoms with Crippen molar-refractivity contribution in [1.82, 2.24) is 14.7 Å². The Labute approximate surface area is 122 Å². The number of carbonyl (C=O) groups is 1. The lowest BCUT2D eigenvalue weighted by Crippen LogP contribution is -2.40. The van der Waals surface area contributed by atoms with Crippen LogP contribution in [0.2, 0.25) is 0 Å². The fourth-order valence-corrected chi connectivity index (χ4v) is 2.72. The van der Waals surface area contributed by atoms with Crippen LogP contribution >= 0.6 is 0 Å². The number of aromatic nitrogens is 2. The first-order chi connectivity index (χ1) is 10.1. The van der Waals surface area contributed by atoms with Gasteiger partial charge in [0.25, 0.3) is 5.91 Å². The number of ether oxygens (including phenoxy) is 1. The Bertz CT molecular complexity index is 465. The van der Waals surface area contributed by atoms with E-state index in [1.54, 1.807) is 12.0 Å². The number of piperidine rings is 1. The van der Waals surface area contributed by atoms with E-state index >= 15 is 0 Å². The predicted octanol–water partition coefficient (Wildman–Crippen LogP) is 2.56. The Morgan fingerprint density at radius 2 is 2.38 bits per heavy atom. The van der Waals surface area contributed by atoms with Crippen molar-refractivity contribution < 1.29 is 18.3 Å². The number of nitrogens with zero attached hydrogens (tertiary/aromatic N) is 3. The molecule has 5 nitrogen and oxygen atoms in total. The Balaban J connectivity index is 1.91. The van der Waals surface area contributed by atoms with Crippen LogP contribution in [-0.4, -0.2) is 47.4 Å². The minimum Gasteiger partial charge on any atom is -0.385 e. The summed E-state index contributed by atoms with van der Waals surface area (Å²) < 4.78 is 30.5. The Morgan fingerprint density at radius 1 is 1.57 bits per heavy atom. The highest BCUT2D eigenvalue weighted by Gasteiger charge is 2.26. The monoisotopic (exact) mass is 301 g/mol. The standard InChI is InChI=1S/C14H21F2N3O2/c1-21-9-3-5-11-4-2-7-18(10-11)13(20)12-6-8-19(17-12)14(15)16/h6,8,11,14H,2-5,7,9-10H2,1H3/t11-/m1/s1. The number of halogens is 2. The second-order valence-electron chi connectivity index (χ2n) is 5.35. The largest absolute Gasteiger partial charge is 0.385 e. The van der Waals surface area contributed by atoms with E-state index in [-0.39, 0.29) is 11.6 Å². The molecule has 0 aliphatic carbocycles. The summed E-state index contributed by atoms with van der Waals surface area (Å²) >= 11 is 0. The average Bonchev–Trinajstić information content (AvgIpc) is 2.97. The predicted molar refractivity (Wildman–Crippen MR) is 73.2 cm³/mol. The number of hydrogen-bond acceptors (Lipinski definition) is 3. The van der Waals surface area contributed by atoms with Gasteiger partial charge in [0.15, 0.2) is 5.69 Å². The number of methoxy groups -OCH3 is 1. The van der Waals surface area contributed by atoms with E-state index in [0.29, 0.717) is 23.7 Å². The minimum atomic E-state index is -2.71. The molecule has 1 aromatic rings. The quantitative estimate of drug-likeness (QED) is 0.759. The van der Waals surface area contributed by atoms with Crippen molar-refractivity contribution in [3.05, 3.63) is 18.0 Å². The molecule has 0 spiro atoms. The van der Waals surface area contributed by atoms with E-state index in [9.17, 15) is 13.6 Å². The van der Waals surface area contributed by atoms with Crippen LogP contribution in [0, 0.1) is 5.92 Å². The fraction of sp³-hybridized carbons (Fsp3) is 0.714. The molecule has 0 bridgehead atoms. The highest BCUT2D eigenvalue weighted by molar-refractivity contribution is 5.92. The smallest absolute Gasteiger partial charge is 0.333 e. The molecule has 7 heteroatoms. The van der Waals surface area contributed by atoms with Gasteiger partial charge in [0, 0.05) is 33.0 Å². The molecule has 1 saturated heterocycles. The molecule has 1 aromatic heterocycles. The molecule has 1 atom stereocenters. The molecule has 1 amide bonds. The molecule has 118 valence electrons. The zero-order chi connectivity index (χ0) is 15.2. The van der Waals surface area contributed by atoms with Gasteiger partial charge in [0.1, 0.15) is 0 Å². The van der Waals surface area contributed by atoms with Crippen LogP contribution in [-0.2, 0) is 4.74 Å². The maximum Gasteiger partial charge on any atom is 0.333 e. The number of hydrogen-bond donors (Lipinski definition) is 0. The van der Waals surface area contributed by atoms with E-state index in [2.05, 4.69) is 5.10 Å². The highest BCUT2D eigenvalue weighted by atomic mass is 19.3. The van der Waals surface area contributed by atoms with Crippen molar-refractivity contribution >= 4 is 5.91 Å². The van der Waals surface area contributed by atoms with Crippen LogP contribution in [0.4, 0.5) is 8.78 Å². The summed E-state index contributed by atoms with van der Waals surface area (Å²) in [6.45, 7) is -0.649. The summed E-state index contributed by atoms with van der Waals surface area (Å²) in [5, 5.41) is 3.64. The molecule has 1 fully saturated rings. The van der Waals surface area contributed by atoms with Crippen molar-refractivity contribution in [3.63, 3.8) is 0 Å². The molecule has 0 saturated carbocycles. The van der Waals surface area contributed by atoms with Gasteiger partial charge in [-0.05, 0) is 37.7 Å². The van der Waals surface area contributed by atoms with Gasteiger partial charge in [-0.2, -0.15) is 13.9 Å². The molecule has 0 aromatic carbocycles. The van der Waals surface area contributed by atoms with Crippen molar-refractivity contribution in [2.45, 2.75) is 32.2 Å². The Hall–Kier alpha value is -1.50. The number of alkyl halides is 2. The van der Waals surface area contributed by atoms with Crippen LogP contribution in [0.3, 0.4) is 0 Å². The normalized spacial score (nSPS) is 19.2. The van der Waals surface area contributed by atoms with E-state index in [1.807, 2.05) is 0 Å². The van der Waals surface area contributed by atoms with Gasteiger partial charge in [-0.1, -0.05) is 0 Å². The van der Waals surface area contributed by atoms with E-state index in [0.717, 1.165) is 38.5 Å². The first kappa shape index (κ1) is 15.9. The lowest BCUT2D eigenvalue weighted by Gasteiger charge is -2.32. The van der Waals surface area contributed by atoms with Crippen molar-refractivity contribution in [2.24, 2.45) is 5.92 Å². The molecule has 2 rings (SSSR count). The van der Waals surface area contributed by atoms with Crippen molar-refractivity contribution in [2.75, 3.05) is 26.8 Å². The maximum atomic E-state index is 12.5.